The van der Waals surface area contributed by atoms with Gasteiger partial charge in [0.2, 0.25) is 0 Å². The molecule has 1 saturated heterocycles. The van der Waals surface area contributed by atoms with Gasteiger partial charge in [-0.15, -0.1) is 0 Å². The normalized spacial score (nSPS) is 26.1. The number of nitrogens with zero attached hydrogens (tertiary/aromatic N) is 1. The molecule has 0 bridgehead atoms. The van der Waals surface area contributed by atoms with Gasteiger partial charge in [-0.1, -0.05) is 12.8 Å². The SMILES string of the molecule is O=C(O)c1ccc(N2CCCC3CCCCC32)cc1Br. The van der Waals surface area contributed by atoms with Crippen molar-refractivity contribution >= 4 is 27.6 Å². The maximum absolute atomic E-state index is 11.1. The number of rotatable bonds is 2. The molecule has 0 amide bonds. The minimum Gasteiger partial charge on any atom is -0.478 e. The number of halogens is 1. The number of hydrogen-bond acceptors (Lipinski definition) is 2. The number of carboxylic acids is 1. The highest BCUT2D eigenvalue weighted by molar-refractivity contribution is 9.10. The third-order valence-corrected chi connectivity index (χ3v) is 5.41. The van der Waals surface area contributed by atoms with Crippen LogP contribution in [0.1, 0.15) is 48.9 Å². The van der Waals surface area contributed by atoms with Gasteiger partial charge in [-0.25, -0.2) is 4.79 Å². The quantitative estimate of drug-likeness (QED) is 0.874. The molecular weight excluding hydrogens is 318 g/mol. The van der Waals surface area contributed by atoms with Crippen LogP contribution in [0.15, 0.2) is 22.7 Å². The summed E-state index contributed by atoms with van der Waals surface area (Å²) >= 11 is 3.39. The summed E-state index contributed by atoms with van der Waals surface area (Å²) in [6, 6.07) is 6.31. The Balaban J connectivity index is 1.87. The number of carbonyl (C=O) groups is 1. The lowest BCUT2D eigenvalue weighted by Crippen LogP contribution is -2.46. The molecule has 3 rings (SSSR count). The van der Waals surface area contributed by atoms with E-state index in [1.165, 1.54) is 44.2 Å². The van der Waals surface area contributed by atoms with Crippen LogP contribution < -0.4 is 4.90 Å². The molecule has 0 aromatic heterocycles. The molecule has 1 aromatic rings. The van der Waals surface area contributed by atoms with Crippen molar-refractivity contribution in [1.82, 2.24) is 0 Å². The molecule has 1 aliphatic heterocycles. The Morgan fingerprint density at radius 2 is 1.95 bits per heavy atom. The molecule has 3 nitrogen and oxygen atoms in total. The first-order valence-electron chi connectivity index (χ1n) is 7.46. The number of fused-ring (bicyclic) bond motifs is 1. The Morgan fingerprint density at radius 3 is 2.70 bits per heavy atom. The average molecular weight is 338 g/mol. The number of benzene rings is 1. The molecule has 1 N–H and O–H groups in total. The fraction of sp³-hybridized carbons (Fsp3) is 0.562. The summed E-state index contributed by atoms with van der Waals surface area (Å²) in [4.78, 5) is 13.6. The van der Waals surface area contributed by atoms with Crippen LogP contribution in [-0.2, 0) is 0 Å². The van der Waals surface area contributed by atoms with Crippen molar-refractivity contribution in [2.45, 2.75) is 44.6 Å². The van der Waals surface area contributed by atoms with Gasteiger partial charge in [0.15, 0.2) is 0 Å². The van der Waals surface area contributed by atoms with E-state index in [1.807, 2.05) is 12.1 Å². The van der Waals surface area contributed by atoms with Crippen LogP contribution in [0.4, 0.5) is 5.69 Å². The van der Waals surface area contributed by atoms with E-state index < -0.39 is 5.97 Å². The van der Waals surface area contributed by atoms with Crippen molar-refractivity contribution in [2.24, 2.45) is 5.92 Å². The molecule has 2 unspecified atom stereocenters. The summed E-state index contributed by atoms with van der Waals surface area (Å²) in [6.07, 6.45) is 7.94. The zero-order valence-corrected chi connectivity index (χ0v) is 13.1. The smallest absolute Gasteiger partial charge is 0.336 e. The fourth-order valence-corrected chi connectivity index (χ4v) is 4.34. The van der Waals surface area contributed by atoms with E-state index in [9.17, 15) is 4.79 Å². The van der Waals surface area contributed by atoms with Crippen molar-refractivity contribution in [2.75, 3.05) is 11.4 Å². The second kappa shape index (κ2) is 5.76. The highest BCUT2D eigenvalue weighted by Crippen LogP contribution is 2.38. The van der Waals surface area contributed by atoms with E-state index in [0.717, 1.165) is 12.5 Å². The first kappa shape index (κ1) is 13.9. The largest absolute Gasteiger partial charge is 0.478 e. The van der Waals surface area contributed by atoms with Gasteiger partial charge < -0.3 is 10.0 Å². The van der Waals surface area contributed by atoms with Gasteiger partial charge in [0.05, 0.1) is 5.56 Å². The number of hydrogen-bond donors (Lipinski definition) is 1. The lowest BCUT2D eigenvalue weighted by Gasteiger charge is -2.45. The second-order valence-corrected chi connectivity index (χ2v) is 6.77. The number of anilines is 1. The Morgan fingerprint density at radius 1 is 1.20 bits per heavy atom. The maximum atomic E-state index is 11.1. The van der Waals surface area contributed by atoms with Crippen molar-refractivity contribution in [3.63, 3.8) is 0 Å². The van der Waals surface area contributed by atoms with Gasteiger partial charge in [0, 0.05) is 22.7 Å². The summed E-state index contributed by atoms with van der Waals surface area (Å²) in [5.74, 6) is -0.0481. The zero-order chi connectivity index (χ0) is 14.1. The van der Waals surface area contributed by atoms with E-state index >= 15 is 0 Å². The van der Waals surface area contributed by atoms with Gasteiger partial charge in [-0.3, -0.25) is 0 Å². The van der Waals surface area contributed by atoms with E-state index in [-0.39, 0.29) is 0 Å². The van der Waals surface area contributed by atoms with Gasteiger partial charge in [-0.2, -0.15) is 0 Å². The molecule has 108 valence electrons. The Labute approximate surface area is 128 Å². The molecule has 2 fully saturated rings. The lowest BCUT2D eigenvalue weighted by molar-refractivity contribution is 0.0696. The molecule has 2 atom stereocenters. The van der Waals surface area contributed by atoms with Crippen LogP contribution in [0.25, 0.3) is 0 Å². The molecular formula is C16H20BrNO2. The fourth-order valence-electron chi connectivity index (χ4n) is 3.80. The third kappa shape index (κ3) is 2.58. The summed E-state index contributed by atoms with van der Waals surface area (Å²) in [7, 11) is 0. The van der Waals surface area contributed by atoms with Gasteiger partial charge in [0.1, 0.15) is 0 Å². The molecule has 1 heterocycles. The topological polar surface area (TPSA) is 40.5 Å². The number of piperidine rings is 1. The first-order valence-corrected chi connectivity index (χ1v) is 8.25. The molecule has 20 heavy (non-hydrogen) atoms. The highest BCUT2D eigenvalue weighted by atomic mass is 79.9. The monoisotopic (exact) mass is 337 g/mol. The maximum Gasteiger partial charge on any atom is 0.336 e. The second-order valence-electron chi connectivity index (χ2n) is 5.92. The van der Waals surface area contributed by atoms with E-state index in [0.29, 0.717) is 16.1 Å². The van der Waals surface area contributed by atoms with Crippen LogP contribution in [0.5, 0.6) is 0 Å². The molecule has 1 aromatic carbocycles. The van der Waals surface area contributed by atoms with Crippen molar-refractivity contribution in [1.29, 1.82) is 0 Å². The van der Waals surface area contributed by atoms with Crippen LogP contribution in [-0.4, -0.2) is 23.7 Å². The van der Waals surface area contributed by atoms with Crippen molar-refractivity contribution < 1.29 is 9.90 Å². The molecule has 1 aliphatic carbocycles. The summed E-state index contributed by atoms with van der Waals surface area (Å²) in [5, 5.41) is 9.11. The summed E-state index contributed by atoms with van der Waals surface area (Å²) in [6.45, 7) is 1.10. The molecule has 4 heteroatoms. The Hall–Kier alpha value is -1.03. The van der Waals surface area contributed by atoms with Gasteiger partial charge >= 0.3 is 5.97 Å². The van der Waals surface area contributed by atoms with Crippen LogP contribution in [0.2, 0.25) is 0 Å². The van der Waals surface area contributed by atoms with Crippen LogP contribution in [0.3, 0.4) is 0 Å². The number of carboxylic acid groups (broad SMARTS) is 1. The summed E-state index contributed by atoms with van der Waals surface area (Å²) in [5.41, 5.74) is 1.50. The van der Waals surface area contributed by atoms with Gasteiger partial charge in [0.25, 0.3) is 0 Å². The van der Waals surface area contributed by atoms with E-state index in [2.05, 4.69) is 20.8 Å². The van der Waals surface area contributed by atoms with E-state index in [1.54, 1.807) is 6.07 Å². The van der Waals surface area contributed by atoms with E-state index in [4.69, 9.17) is 5.11 Å². The predicted molar refractivity (Wildman–Crippen MR) is 83.4 cm³/mol. The molecule has 2 aliphatic rings. The number of aromatic carboxylic acids is 1. The Kier molecular flexibility index (Phi) is 4.01. The lowest BCUT2D eigenvalue weighted by atomic mass is 9.78. The third-order valence-electron chi connectivity index (χ3n) is 4.76. The Bertz CT molecular complexity index is 515. The van der Waals surface area contributed by atoms with Crippen molar-refractivity contribution in [3.8, 4) is 0 Å². The van der Waals surface area contributed by atoms with Crippen molar-refractivity contribution in [3.05, 3.63) is 28.2 Å². The predicted octanol–water partition coefficient (Wildman–Crippen LogP) is 4.31. The van der Waals surface area contributed by atoms with Crippen LogP contribution >= 0.6 is 15.9 Å². The summed E-state index contributed by atoms with van der Waals surface area (Å²) < 4.78 is 0.681. The average Bonchev–Trinajstić information content (AvgIpc) is 2.46. The highest BCUT2D eigenvalue weighted by Gasteiger charge is 2.33. The minimum atomic E-state index is -0.877. The van der Waals surface area contributed by atoms with Gasteiger partial charge in [-0.05, 0) is 65.7 Å². The standard InChI is InChI=1S/C16H20BrNO2/c17-14-10-12(7-8-13(14)16(19)20)18-9-3-5-11-4-1-2-6-15(11)18/h7-8,10-11,15H,1-6,9H2,(H,19,20). The molecule has 0 radical (unpaired) electrons. The zero-order valence-electron chi connectivity index (χ0n) is 11.5. The minimum absolute atomic E-state index is 0.339. The van der Waals surface area contributed by atoms with Crippen LogP contribution in [0, 0.1) is 5.92 Å². The molecule has 1 saturated carbocycles. The first-order chi connectivity index (χ1) is 9.66. The molecule has 0 spiro atoms.